The zero-order valence-electron chi connectivity index (χ0n) is 11.1. The van der Waals surface area contributed by atoms with Crippen molar-refractivity contribution in [3.8, 4) is 0 Å². The van der Waals surface area contributed by atoms with Crippen LogP contribution in [-0.2, 0) is 4.79 Å². The summed E-state index contributed by atoms with van der Waals surface area (Å²) in [4.78, 5) is 29.6. The summed E-state index contributed by atoms with van der Waals surface area (Å²) in [7, 11) is 0. The molecule has 1 heterocycles. The van der Waals surface area contributed by atoms with Gasteiger partial charge in [0.15, 0.2) is 0 Å². The summed E-state index contributed by atoms with van der Waals surface area (Å²) in [5.41, 5.74) is 0.374. The van der Waals surface area contributed by atoms with Gasteiger partial charge >= 0.3 is 5.97 Å². The third kappa shape index (κ3) is 3.29. The molecule has 0 bridgehead atoms. The Balaban J connectivity index is 3.02. The van der Waals surface area contributed by atoms with Gasteiger partial charge in [0.1, 0.15) is 12.2 Å². The Hall–Kier alpha value is -1.43. The van der Waals surface area contributed by atoms with Gasteiger partial charge in [-0.25, -0.2) is 4.98 Å². The van der Waals surface area contributed by atoms with Crippen molar-refractivity contribution >= 4 is 23.2 Å². The number of rotatable bonds is 5. The number of aliphatic carboxylic acids is 1. The van der Waals surface area contributed by atoms with Gasteiger partial charge in [0.05, 0.1) is 5.01 Å². The molecule has 0 fully saturated rings. The molecule has 0 radical (unpaired) electrons. The van der Waals surface area contributed by atoms with Gasteiger partial charge in [-0.3, -0.25) is 9.59 Å². The molecule has 6 heteroatoms. The van der Waals surface area contributed by atoms with Crippen LogP contribution < -0.4 is 0 Å². The quantitative estimate of drug-likeness (QED) is 0.889. The molecule has 0 aromatic carbocycles. The molecule has 1 rings (SSSR count). The van der Waals surface area contributed by atoms with Crippen molar-refractivity contribution in [2.24, 2.45) is 0 Å². The number of aromatic nitrogens is 1. The summed E-state index contributed by atoms with van der Waals surface area (Å²) >= 11 is 1.45. The van der Waals surface area contributed by atoms with Gasteiger partial charge in [-0.05, 0) is 27.2 Å². The lowest BCUT2D eigenvalue weighted by Gasteiger charge is -2.26. The molecule has 0 aliphatic heterocycles. The second-order valence-corrected chi connectivity index (χ2v) is 5.63. The SMILES string of the molecule is CCC(C)N(CC(=O)O)C(=O)c1nc(C)sc1C. The minimum Gasteiger partial charge on any atom is -0.480 e. The van der Waals surface area contributed by atoms with E-state index in [1.165, 1.54) is 16.2 Å². The van der Waals surface area contributed by atoms with Gasteiger partial charge in [0.25, 0.3) is 5.91 Å². The summed E-state index contributed by atoms with van der Waals surface area (Å²) in [5.74, 6) is -1.30. The number of carbonyl (C=O) groups excluding carboxylic acids is 1. The number of nitrogens with zero attached hydrogens (tertiary/aromatic N) is 2. The number of carbonyl (C=O) groups is 2. The molecule has 18 heavy (non-hydrogen) atoms. The van der Waals surface area contributed by atoms with Gasteiger partial charge in [-0.15, -0.1) is 11.3 Å². The highest BCUT2D eigenvalue weighted by Crippen LogP contribution is 2.19. The van der Waals surface area contributed by atoms with Gasteiger partial charge in [-0.1, -0.05) is 6.92 Å². The van der Waals surface area contributed by atoms with Crippen LogP contribution in [0.3, 0.4) is 0 Å². The predicted molar refractivity (Wildman–Crippen MR) is 70.0 cm³/mol. The van der Waals surface area contributed by atoms with Crippen molar-refractivity contribution in [2.75, 3.05) is 6.54 Å². The molecule has 0 saturated heterocycles. The van der Waals surface area contributed by atoms with E-state index in [9.17, 15) is 9.59 Å². The summed E-state index contributed by atoms with van der Waals surface area (Å²) in [6, 6.07) is -0.116. The van der Waals surface area contributed by atoms with Crippen LogP contribution in [0, 0.1) is 13.8 Å². The van der Waals surface area contributed by atoms with E-state index in [0.717, 1.165) is 9.88 Å². The minimum absolute atomic E-state index is 0.116. The van der Waals surface area contributed by atoms with Crippen molar-refractivity contribution in [3.63, 3.8) is 0 Å². The molecule has 0 aliphatic carbocycles. The van der Waals surface area contributed by atoms with Crippen molar-refractivity contribution in [1.82, 2.24) is 9.88 Å². The zero-order chi connectivity index (χ0) is 13.9. The smallest absolute Gasteiger partial charge is 0.323 e. The van der Waals surface area contributed by atoms with Crippen LogP contribution in [0.4, 0.5) is 0 Å². The highest BCUT2D eigenvalue weighted by molar-refractivity contribution is 7.11. The average Bonchev–Trinajstić information content (AvgIpc) is 2.63. The molecule has 1 N–H and O–H groups in total. The number of carboxylic acids is 1. The number of amides is 1. The third-order valence-electron chi connectivity index (χ3n) is 2.80. The molecular formula is C12H18N2O3S. The lowest BCUT2D eigenvalue weighted by atomic mass is 10.2. The maximum Gasteiger partial charge on any atom is 0.323 e. The first-order valence-electron chi connectivity index (χ1n) is 5.83. The van der Waals surface area contributed by atoms with E-state index in [1.54, 1.807) is 0 Å². The summed E-state index contributed by atoms with van der Waals surface area (Å²) in [5, 5.41) is 9.70. The maximum atomic E-state index is 12.3. The summed E-state index contributed by atoms with van der Waals surface area (Å²) in [6.07, 6.45) is 0.710. The van der Waals surface area contributed by atoms with E-state index in [-0.39, 0.29) is 18.5 Å². The molecule has 1 aromatic heterocycles. The normalized spacial score (nSPS) is 12.2. The molecule has 0 aliphatic rings. The second kappa shape index (κ2) is 5.95. The lowest BCUT2D eigenvalue weighted by molar-refractivity contribution is -0.138. The molecular weight excluding hydrogens is 252 g/mol. The van der Waals surface area contributed by atoms with E-state index in [1.807, 2.05) is 27.7 Å². The highest BCUT2D eigenvalue weighted by Gasteiger charge is 2.26. The van der Waals surface area contributed by atoms with Crippen LogP contribution in [0.2, 0.25) is 0 Å². The Morgan fingerprint density at radius 3 is 2.44 bits per heavy atom. The second-order valence-electron chi connectivity index (χ2n) is 4.22. The van der Waals surface area contributed by atoms with Crippen molar-refractivity contribution in [2.45, 2.75) is 40.2 Å². The number of aryl methyl sites for hydroxylation is 2. The van der Waals surface area contributed by atoms with E-state index in [4.69, 9.17) is 5.11 Å². The molecule has 100 valence electrons. The predicted octanol–water partition coefficient (Wildman–Crippen LogP) is 2.09. The van der Waals surface area contributed by atoms with Crippen molar-refractivity contribution < 1.29 is 14.7 Å². The number of thiazole rings is 1. The average molecular weight is 270 g/mol. The molecule has 1 unspecified atom stereocenters. The van der Waals surface area contributed by atoms with Crippen LogP contribution in [0.15, 0.2) is 0 Å². The van der Waals surface area contributed by atoms with Crippen LogP contribution in [0.5, 0.6) is 0 Å². The van der Waals surface area contributed by atoms with Gasteiger partial charge in [-0.2, -0.15) is 0 Å². The first-order chi connectivity index (χ1) is 8.36. The minimum atomic E-state index is -1.01. The summed E-state index contributed by atoms with van der Waals surface area (Å²) in [6.45, 7) is 7.14. The third-order valence-corrected chi connectivity index (χ3v) is 3.68. The van der Waals surface area contributed by atoms with Gasteiger partial charge in [0, 0.05) is 10.9 Å². The molecule has 5 nitrogen and oxygen atoms in total. The van der Waals surface area contributed by atoms with E-state index in [2.05, 4.69) is 4.98 Å². The Labute approximate surface area is 110 Å². The Morgan fingerprint density at radius 2 is 2.06 bits per heavy atom. The largest absolute Gasteiger partial charge is 0.480 e. The maximum absolute atomic E-state index is 12.3. The Kier molecular flexibility index (Phi) is 4.84. The fourth-order valence-electron chi connectivity index (χ4n) is 1.66. The van der Waals surface area contributed by atoms with E-state index >= 15 is 0 Å². The molecule has 0 spiro atoms. The standard InChI is InChI=1S/C12H18N2O3S/c1-5-7(2)14(6-10(15)16)12(17)11-8(3)18-9(4)13-11/h7H,5-6H2,1-4H3,(H,15,16). The number of hydrogen-bond donors (Lipinski definition) is 1. The van der Waals surface area contributed by atoms with Crippen LogP contribution >= 0.6 is 11.3 Å². The fraction of sp³-hybridized carbons (Fsp3) is 0.583. The van der Waals surface area contributed by atoms with Gasteiger partial charge < -0.3 is 10.0 Å². The number of hydrogen-bond acceptors (Lipinski definition) is 4. The first-order valence-corrected chi connectivity index (χ1v) is 6.65. The topological polar surface area (TPSA) is 70.5 Å². The monoisotopic (exact) mass is 270 g/mol. The lowest BCUT2D eigenvalue weighted by Crippen LogP contribution is -2.42. The first kappa shape index (κ1) is 14.6. The van der Waals surface area contributed by atoms with E-state index < -0.39 is 5.97 Å². The molecule has 1 aromatic rings. The molecule has 1 atom stereocenters. The van der Waals surface area contributed by atoms with Crippen molar-refractivity contribution in [1.29, 1.82) is 0 Å². The van der Waals surface area contributed by atoms with Crippen LogP contribution in [0.25, 0.3) is 0 Å². The Bertz CT molecular complexity index is 456. The molecule has 1 amide bonds. The van der Waals surface area contributed by atoms with E-state index in [0.29, 0.717) is 12.1 Å². The van der Waals surface area contributed by atoms with Gasteiger partial charge in [0.2, 0.25) is 0 Å². The van der Waals surface area contributed by atoms with Crippen molar-refractivity contribution in [3.05, 3.63) is 15.6 Å². The fourth-order valence-corrected chi connectivity index (χ4v) is 2.47. The highest BCUT2D eigenvalue weighted by atomic mass is 32.1. The van der Waals surface area contributed by atoms with Crippen LogP contribution in [-0.4, -0.2) is 39.5 Å². The Morgan fingerprint density at radius 1 is 1.44 bits per heavy atom. The number of carboxylic acid groups (broad SMARTS) is 1. The van der Waals surface area contributed by atoms with Crippen LogP contribution in [0.1, 0.15) is 40.6 Å². The zero-order valence-corrected chi connectivity index (χ0v) is 11.9. The summed E-state index contributed by atoms with van der Waals surface area (Å²) < 4.78 is 0. The molecule has 0 saturated carbocycles.